The number of carbonyl (C=O) groups excluding carboxylic acids is 3. The molecule has 3 atom stereocenters. The summed E-state index contributed by atoms with van der Waals surface area (Å²) in [6.45, 7) is 5.81. The van der Waals surface area contributed by atoms with Crippen molar-refractivity contribution in [2.24, 2.45) is 11.8 Å². The number of thioether (sulfide) groups is 1. The molecular formula is C26H33NO8S. The molecule has 9 nitrogen and oxygen atoms in total. The average Bonchev–Trinajstić information content (AvgIpc) is 2.85. The van der Waals surface area contributed by atoms with Crippen molar-refractivity contribution in [3.63, 3.8) is 0 Å². The molecule has 0 spiro atoms. The first-order valence-electron chi connectivity index (χ1n) is 11.7. The Morgan fingerprint density at radius 2 is 1.81 bits per heavy atom. The van der Waals surface area contributed by atoms with Crippen LogP contribution in [-0.4, -0.2) is 62.3 Å². The molecule has 1 aromatic rings. The number of phenols is 1. The number of rotatable bonds is 9. The highest BCUT2D eigenvalue weighted by molar-refractivity contribution is 7.99. The van der Waals surface area contributed by atoms with Gasteiger partial charge >= 0.3 is 11.9 Å². The molecule has 0 saturated heterocycles. The minimum absolute atomic E-state index is 0.121. The number of aromatic hydroxyl groups is 1. The molecule has 0 radical (unpaired) electrons. The molecule has 1 aliphatic carbocycles. The number of nitrogens with one attached hydrogen (secondary N) is 1. The van der Waals surface area contributed by atoms with Gasteiger partial charge in [-0.05, 0) is 42.7 Å². The van der Waals surface area contributed by atoms with Crippen molar-refractivity contribution in [2.45, 2.75) is 33.1 Å². The van der Waals surface area contributed by atoms with Gasteiger partial charge in [-0.3, -0.25) is 9.59 Å². The van der Waals surface area contributed by atoms with Crippen LogP contribution >= 0.6 is 11.8 Å². The van der Waals surface area contributed by atoms with Crippen molar-refractivity contribution in [2.75, 3.05) is 39.4 Å². The van der Waals surface area contributed by atoms with Gasteiger partial charge in [-0.15, -0.1) is 0 Å². The summed E-state index contributed by atoms with van der Waals surface area (Å²) < 4.78 is 21.2. The summed E-state index contributed by atoms with van der Waals surface area (Å²) in [5, 5.41) is 13.7. The van der Waals surface area contributed by atoms with Gasteiger partial charge < -0.3 is 29.4 Å². The lowest BCUT2D eigenvalue weighted by molar-refractivity contribution is -0.151. The van der Waals surface area contributed by atoms with E-state index in [-0.39, 0.29) is 35.3 Å². The first-order valence-corrected chi connectivity index (χ1v) is 12.9. The topological polar surface area (TPSA) is 120 Å². The molecule has 196 valence electrons. The highest BCUT2D eigenvalue weighted by atomic mass is 32.2. The number of Topliss-reactive ketones (excluding diaryl/α,β-unsaturated/α-hetero) is 1. The standard InChI is InChI=1S/C26H33NO8S/c1-7-36-9-8-35-26(31)20-14(3)27-16-10-13(2)19(25(30)34-6)24(29)22(16)21(20)15-11-17(32-4)23(28)18(12-15)33-5/h11-13,19,21,27-28H,7-10H2,1-6H3. The Balaban J connectivity index is 2.19. The predicted molar refractivity (Wildman–Crippen MR) is 135 cm³/mol. The van der Waals surface area contributed by atoms with Crippen molar-refractivity contribution in [3.05, 3.63) is 40.2 Å². The van der Waals surface area contributed by atoms with E-state index in [1.807, 2.05) is 13.8 Å². The molecular weight excluding hydrogens is 486 g/mol. The molecule has 1 aromatic carbocycles. The quantitative estimate of drug-likeness (QED) is 0.286. The van der Waals surface area contributed by atoms with Gasteiger partial charge in [0, 0.05) is 28.6 Å². The first-order chi connectivity index (χ1) is 17.2. The normalized spacial score (nSPS) is 21.5. The second-order valence-electron chi connectivity index (χ2n) is 8.64. The fourth-order valence-electron chi connectivity index (χ4n) is 4.78. The van der Waals surface area contributed by atoms with Crippen molar-refractivity contribution < 1.29 is 38.4 Å². The SMILES string of the molecule is CCSCCOC(=O)C1=C(C)NC2=C(C(=O)C(C(=O)OC)C(C)C2)C1c1cc(OC)c(O)c(OC)c1. The smallest absolute Gasteiger partial charge is 0.336 e. The van der Waals surface area contributed by atoms with Gasteiger partial charge in [0.1, 0.15) is 12.5 Å². The van der Waals surface area contributed by atoms with Crippen LogP contribution in [0.3, 0.4) is 0 Å². The summed E-state index contributed by atoms with van der Waals surface area (Å²) >= 11 is 1.65. The predicted octanol–water partition coefficient (Wildman–Crippen LogP) is 3.32. The van der Waals surface area contributed by atoms with Crippen LogP contribution in [0.25, 0.3) is 0 Å². The maximum absolute atomic E-state index is 13.8. The molecule has 36 heavy (non-hydrogen) atoms. The summed E-state index contributed by atoms with van der Waals surface area (Å²) in [4.78, 5) is 39.8. The lowest BCUT2D eigenvalue weighted by Crippen LogP contribution is -2.43. The Labute approximate surface area is 215 Å². The number of ketones is 1. The summed E-state index contributed by atoms with van der Waals surface area (Å²) in [5.41, 5.74) is 2.21. The second-order valence-corrected chi connectivity index (χ2v) is 10.0. The van der Waals surface area contributed by atoms with Gasteiger partial charge in [0.25, 0.3) is 0 Å². The number of methoxy groups -OCH3 is 3. The Hall–Kier alpha value is -3.14. The molecule has 0 amide bonds. The van der Waals surface area contributed by atoms with Crippen molar-refractivity contribution in [1.82, 2.24) is 5.32 Å². The van der Waals surface area contributed by atoms with Crippen molar-refractivity contribution in [1.29, 1.82) is 0 Å². The number of allylic oxidation sites excluding steroid dienone is 3. The number of benzene rings is 1. The average molecular weight is 520 g/mol. The summed E-state index contributed by atoms with van der Waals surface area (Å²) in [6.07, 6.45) is 0.413. The third-order valence-corrected chi connectivity index (χ3v) is 7.33. The van der Waals surface area contributed by atoms with Crippen LogP contribution in [0.15, 0.2) is 34.7 Å². The van der Waals surface area contributed by atoms with Crippen LogP contribution < -0.4 is 14.8 Å². The molecule has 3 unspecified atom stereocenters. The lowest BCUT2D eigenvalue weighted by atomic mass is 9.69. The second kappa shape index (κ2) is 11.7. The van der Waals surface area contributed by atoms with E-state index >= 15 is 0 Å². The monoisotopic (exact) mass is 519 g/mol. The van der Waals surface area contributed by atoms with Crippen molar-refractivity contribution in [3.8, 4) is 17.2 Å². The molecule has 0 saturated carbocycles. The molecule has 0 bridgehead atoms. The van der Waals surface area contributed by atoms with Gasteiger partial charge in [0.15, 0.2) is 17.3 Å². The van der Waals surface area contributed by atoms with Crippen molar-refractivity contribution >= 4 is 29.5 Å². The molecule has 10 heteroatoms. The van der Waals surface area contributed by atoms with Gasteiger partial charge in [0.2, 0.25) is 5.75 Å². The summed E-state index contributed by atoms with van der Waals surface area (Å²) in [7, 11) is 4.04. The number of dihydropyridines is 1. The number of hydrogen-bond acceptors (Lipinski definition) is 10. The molecule has 0 aromatic heterocycles. The van der Waals surface area contributed by atoms with E-state index in [1.165, 1.54) is 21.3 Å². The molecule has 3 rings (SSSR count). The van der Waals surface area contributed by atoms with Gasteiger partial charge in [-0.1, -0.05) is 13.8 Å². The third kappa shape index (κ3) is 5.18. The highest BCUT2D eigenvalue weighted by Gasteiger charge is 2.47. The largest absolute Gasteiger partial charge is 0.502 e. The number of carbonyl (C=O) groups is 3. The first kappa shape index (κ1) is 27.4. The van der Waals surface area contributed by atoms with Crippen LogP contribution in [0.1, 0.15) is 38.7 Å². The Morgan fingerprint density at radius 3 is 2.36 bits per heavy atom. The molecule has 2 aliphatic rings. The number of ether oxygens (including phenoxy) is 4. The zero-order chi connectivity index (χ0) is 26.6. The summed E-state index contributed by atoms with van der Waals surface area (Å²) in [5.74, 6) is -2.20. The maximum atomic E-state index is 13.8. The Morgan fingerprint density at radius 1 is 1.17 bits per heavy atom. The minimum atomic E-state index is -1.00. The highest BCUT2D eigenvalue weighted by Crippen LogP contribution is 2.48. The van der Waals surface area contributed by atoms with Crippen LogP contribution in [0, 0.1) is 11.8 Å². The number of phenolic OH excluding ortho intramolecular Hbond substituents is 1. The van der Waals surface area contributed by atoms with E-state index in [4.69, 9.17) is 18.9 Å². The fraction of sp³-hybridized carbons (Fsp3) is 0.500. The third-order valence-electron chi connectivity index (χ3n) is 6.46. The Bertz CT molecular complexity index is 1080. The Kier molecular flexibility index (Phi) is 8.94. The van der Waals surface area contributed by atoms with E-state index in [2.05, 4.69) is 5.32 Å². The molecule has 0 fully saturated rings. The van der Waals surface area contributed by atoms with Gasteiger partial charge in [0.05, 0.1) is 26.9 Å². The van der Waals surface area contributed by atoms with Gasteiger partial charge in [-0.25, -0.2) is 4.79 Å². The lowest BCUT2D eigenvalue weighted by Gasteiger charge is -2.38. The fourth-order valence-corrected chi connectivity index (χ4v) is 5.27. The number of hydrogen-bond donors (Lipinski definition) is 2. The maximum Gasteiger partial charge on any atom is 0.336 e. The molecule has 1 heterocycles. The van der Waals surface area contributed by atoms with E-state index in [0.717, 1.165) is 5.75 Å². The van der Waals surface area contributed by atoms with E-state index in [0.29, 0.717) is 34.7 Å². The van der Waals surface area contributed by atoms with Crippen LogP contribution in [0.5, 0.6) is 17.2 Å². The number of esters is 2. The summed E-state index contributed by atoms with van der Waals surface area (Å²) in [6, 6.07) is 3.12. The van der Waals surface area contributed by atoms with Crippen LogP contribution in [0.4, 0.5) is 0 Å². The van der Waals surface area contributed by atoms with Gasteiger partial charge in [-0.2, -0.15) is 11.8 Å². The molecule has 1 aliphatic heterocycles. The van der Waals surface area contributed by atoms with Crippen LogP contribution in [-0.2, 0) is 23.9 Å². The molecule has 2 N–H and O–H groups in total. The van der Waals surface area contributed by atoms with Crippen LogP contribution in [0.2, 0.25) is 0 Å². The zero-order valence-corrected chi connectivity index (χ0v) is 22.2. The van der Waals surface area contributed by atoms with E-state index < -0.39 is 29.6 Å². The van der Waals surface area contributed by atoms with E-state index in [9.17, 15) is 19.5 Å². The minimum Gasteiger partial charge on any atom is -0.502 e. The zero-order valence-electron chi connectivity index (χ0n) is 21.4. The van der Waals surface area contributed by atoms with E-state index in [1.54, 1.807) is 30.8 Å².